The van der Waals surface area contributed by atoms with Gasteiger partial charge in [-0.2, -0.15) is 0 Å². The molecular formula is C23H38N2O6. The van der Waals surface area contributed by atoms with E-state index in [-0.39, 0.29) is 30.9 Å². The highest BCUT2D eigenvalue weighted by atomic mass is 16.6. The minimum Gasteiger partial charge on any atom is -0.466 e. The predicted octanol–water partition coefficient (Wildman–Crippen LogP) is 1.64. The molecule has 2 bridgehead atoms. The van der Waals surface area contributed by atoms with Crippen molar-refractivity contribution in [3.05, 3.63) is 0 Å². The molecule has 6 atom stereocenters. The second kappa shape index (κ2) is 9.86. The van der Waals surface area contributed by atoms with Crippen LogP contribution >= 0.6 is 0 Å². The van der Waals surface area contributed by atoms with Crippen molar-refractivity contribution in [3.63, 3.8) is 0 Å². The molecular weight excluding hydrogens is 400 g/mol. The third kappa shape index (κ3) is 4.21. The zero-order chi connectivity index (χ0) is 22.8. The number of ether oxygens (including phenoxy) is 2. The molecule has 0 radical (unpaired) electrons. The normalized spacial score (nSPS) is 32.5. The lowest BCUT2D eigenvalue weighted by Gasteiger charge is -2.37. The fourth-order valence-corrected chi connectivity index (χ4v) is 5.79. The van der Waals surface area contributed by atoms with Crippen LogP contribution in [0.25, 0.3) is 0 Å². The third-order valence-electron chi connectivity index (χ3n) is 6.97. The number of unbranched alkanes of at least 4 members (excludes halogenated alkanes) is 2. The first-order valence-corrected chi connectivity index (χ1v) is 11.9. The van der Waals surface area contributed by atoms with Gasteiger partial charge in [0.25, 0.3) is 0 Å². The number of carbonyl (C=O) groups excluding carboxylic acids is 3. The molecule has 0 saturated carbocycles. The number of amides is 2. The van der Waals surface area contributed by atoms with Gasteiger partial charge in [-0.15, -0.1) is 0 Å². The quantitative estimate of drug-likeness (QED) is 0.375. The first-order chi connectivity index (χ1) is 14.8. The van der Waals surface area contributed by atoms with E-state index in [4.69, 9.17) is 9.47 Å². The van der Waals surface area contributed by atoms with Crippen LogP contribution in [0, 0.1) is 17.8 Å². The van der Waals surface area contributed by atoms with Crippen molar-refractivity contribution in [1.82, 2.24) is 10.2 Å². The molecule has 0 aromatic carbocycles. The Morgan fingerprint density at radius 1 is 1.32 bits per heavy atom. The van der Waals surface area contributed by atoms with Crippen molar-refractivity contribution in [1.29, 1.82) is 0 Å². The van der Waals surface area contributed by atoms with Gasteiger partial charge in [-0.05, 0) is 38.5 Å². The Morgan fingerprint density at radius 3 is 2.68 bits per heavy atom. The summed E-state index contributed by atoms with van der Waals surface area (Å²) < 4.78 is 11.6. The largest absolute Gasteiger partial charge is 0.466 e. The monoisotopic (exact) mass is 438 g/mol. The zero-order valence-corrected chi connectivity index (χ0v) is 19.3. The number of rotatable bonds is 11. The Kier molecular flexibility index (Phi) is 7.63. The van der Waals surface area contributed by atoms with Gasteiger partial charge in [-0.3, -0.25) is 14.4 Å². The lowest BCUT2D eigenvalue weighted by molar-refractivity contribution is -0.155. The number of aliphatic hydroxyl groups excluding tert-OH is 1. The van der Waals surface area contributed by atoms with Crippen molar-refractivity contribution in [3.8, 4) is 0 Å². The van der Waals surface area contributed by atoms with E-state index in [0.717, 1.165) is 19.3 Å². The first-order valence-electron chi connectivity index (χ1n) is 11.9. The Bertz CT molecular complexity index is 683. The maximum Gasteiger partial charge on any atom is 0.312 e. The SMILES string of the molecule is CCCCCNC(=O)[C@H]1N([C@@H](CO)CC(C)C)C(=O)[C@@H]2[C@@H](C(=O)OCC)[C@H]3CC[C@]21O3. The van der Waals surface area contributed by atoms with Gasteiger partial charge >= 0.3 is 5.97 Å². The molecule has 3 saturated heterocycles. The van der Waals surface area contributed by atoms with Gasteiger partial charge in [0.05, 0.1) is 37.2 Å². The van der Waals surface area contributed by atoms with E-state index in [1.165, 1.54) is 4.90 Å². The molecule has 0 aromatic rings. The molecule has 0 unspecified atom stereocenters. The van der Waals surface area contributed by atoms with Crippen LogP contribution in [0.3, 0.4) is 0 Å². The summed E-state index contributed by atoms with van der Waals surface area (Å²) in [6, 6.07) is -1.34. The van der Waals surface area contributed by atoms with E-state index in [2.05, 4.69) is 12.2 Å². The van der Waals surface area contributed by atoms with Gasteiger partial charge in [-0.25, -0.2) is 0 Å². The van der Waals surface area contributed by atoms with Crippen LogP contribution in [-0.4, -0.2) is 71.3 Å². The molecule has 3 aliphatic rings. The minimum atomic E-state index is -1.03. The highest BCUT2D eigenvalue weighted by Gasteiger charge is 2.75. The molecule has 8 nitrogen and oxygen atoms in total. The van der Waals surface area contributed by atoms with Gasteiger partial charge in [-0.1, -0.05) is 33.6 Å². The molecule has 2 N–H and O–H groups in total. The number of fused-ring (bicyclic) bond motifs is 1. The highest BCUT2D eigenvalue weighted by molar-refractivity contribution is 5.98. The summed E-state index contributed by atoms with van der Waals surface area (Å²) in [4.78, 5) is 41.4. The first kappa shape index (κ1) is 24.0. The molecule has 1 spiro atoms. The lowest BCUT2D eigenvalue weighted by Crippen LogP contribution is -2.58. The van der Waals surface area contributed by atoms with E-state index < -0.39 is 41.6 Å². The molecule has 3 heterocycles. The highest BCUT2D eigenvalue weighted by Crippen LogP contribution is 2.59. The van der Waals surface area contributed by atoms with Crippen molar-refractivity contribution in [2.45, 2.75) is 90.0 Å². The van der Waals surface area contributed by atoms with Gasteiger partial charge < -0.3 is 24.8 Å². The molecule has 0 aliphatic carbocycles. The molecule has 8 heteroatoms. The number of likely N-dealkylation sites (tertiary alicyclic amines) is 1. The van der Waals surface area contributed by atoms with Crippen LogP contribution < -0.4 is 5.32 Å². The van der Waals surface area contributed by atoms with E-state index in [1.54, 1.807) is 6.92 Å². The van der Waals surface area contributed by atoms with Crippen molar-refractivity contribution >= 4 is 17.8 Å². The second-order valence-corrected chi connectivity index (χ2v) is 9.52. The standard InChI is InChI=1S/C23H38N2O6/c1-5-7-8-11-24-20(27)19-23-10-9-16(31-23)17(22(29)30-6-2)18(23)21(28)25(19)15(13-26)12-14(3)4/h14-19,26H,5-13H2,1-4H3,(H,24,27)/t15-,16-,17+,18+,19-,23+/m1/s1. The topological polar surface area (TPSA) is 105 Å². The Labute approximate surface area is 185 Å². The van der Waals surface area contributed by atoms with E-state index >= 15 is 0 Å². The Morgan fingerprint density at radius 2 is 2.06 bits per heavy atom. The number of nitrogens with one attached hydrogen (secondary N) is 1. The lowest BCUT2D eigenvalue weighted by atomic mass is 9.71. The summed E-state index contributed by atoms with van der Waals surface area (Å²) in [6.45, 7) is 8.40. The van der Waals surface area contributed by atoms with Crippen molar-refractivity contribution < 1.29 is 29.0 Å². The van der Waals surface area contributed by atoms with E-state index in [1.807, 2.05) is 13.8 Å². The molecule has 176 valence electrons. The summed E-state index contributed by atoms with van der Waals surface area (Å²) in [6.07, 6.45) is 4.26. The third-order valence-corrected chi connectivity index (χ3v) is 6.97. The number of carbonyl (C=O) groups is 3. The molecule has 31 heavy (non-hydrogen) atoms. The maximum absolute atomic E-state index is 13.7. The smallest absolute Gasteiger partial charge is 0.312 e. The average molecular weight is 439 g/mol. The van der Waals surface area contributed by atoms with Gasteiger partial charge in [0.15, 0.2) is 0 Å². The second-order valence-electron chi connectivity index (χ2n) is 9.52. The van der Waals surface area contributed by atoms with Gasteiger partial charge in [0.1, 0.15) is 11.6 Å². The number of esters is 1. The van der Waals surface area contributed by atoms with Crippen LogP contribution in [0.5, 0.6) is 0 Å². The van der Waals surface area contributed by atoms with Crippen LogP contribution in [-0.2, 0) is 23.9 Å². The minimum absolute atomic E-state index is 0.230. The Balaban J connectivity index is 1.95. The van der Waals surface area contributed by atoms with Gasteiger partial charge in [0, 0.05) is 6.54 Å². The van der Waals surface area contributed by atoms with Crippen LogP contribution in [0.2, 0.25) is 0 Å². The molecule has 2 amide bonds. The molecule has 3 rings (SSSR count). The van der Waals surface area contributed by atoms with Crippen LogP contribution in [0.4, 0.5) is 0 Å². The fourth-order valence-electron chi connectivity index (χ4n) is 5.79. The van der Waals surface area contributed by atoms with E-state index in [0.29, 0.717) is 25.8 Å². The zero-order valence-electron chi connectivity index (χ0n) is 19.3. The summed E-state index contributed by atoms with van der Waals surface area (Å²) in [5.74, 6) is -2.15. The van der Waals surface area contributed by atoms with Gasteiger partial charge in [0.2, 0.25) is 11.8 Å². The summed E-state index contributed by atoms with van der Waals surface area (Å²) >= 11 is 0. The number of nitrogens with zero attached hydrogens (tertiary/aromatic N) is 1. The molecule has 3 aliphatic heterocycles. The van der Waals surface area contributed by atoms with Crippen molar-refractivity contribution in [2.75, 3.05) is 19.8 Å². The summed E-state index contributed by atoms with van der Waals surface area (Å²) in [5, 5.41) is 13.1. The molecule has 3 fully saturated rings. The number of hydrogen-bond donors (Lipinski definition) is 2. The summed E-state index contributed by atoms with van der Waals surface area (Å²) in [5.41, 5.74) is -1.03. The van der Waals surface area contributed by atoms with Crippen LogP contribution in [0.15, 0.2) is 0 Å². The van der Waals surface area contributed by atoms with Crippen LogP contribution in [0.1, 0.15) is 66.2 Å². The molecule has 0 aromatic heterocycles. The van der Waals surface area contributed by atoms with Crippen molar-refractivity contribution in [2.24, 2.45) is 17.8 Å². The average Bonchev–Trinajstić information content (AvgIpc) is 3.36. The number of aliphatic hydroxyl groups is 1. The number of hydrogen-bond acceptors (Lipinski definition) is 6. The maximum atomic E-state index is 13.7. The predicted molar refractivity (Wildman–Crippen MR) is 114 cm³/mol. The fraction of sp³-hybridized carbons (Fsp3) is 0.870. The summed E-state index contributed by atoms with van der Waals surface area (Å²) in [7, 11) is 0. The Hall–Kier alpha value is -1.67. The van der Waals surface area contributed by atoms with E-state index in [9.17, 15) is 19.5 Å².